The van der Waals surface area contributed by atoms with Crippen molar-refractivity contribution in [1.82, 2.24) is 14.9 Å². The van der Waals surface area contributed by atoms with E-state index in [9.17, 15) is 19.3 Å². The molecule has 1 aliphatic heterocycles. The number of hydrogen-bond donors (Lipinski definition) is 0. The molecule has 4 rings (SSSR count). The predicted molar refractivity (Wildman–Crippen MR) is 110 cm³/mol. The van der Waals surface area contributed by atoms with Crippen LogP contribution in [-0.2, 0) is 0 Å². The Morgan fingerprint density at radius 2 is 1.77 bits per heavy atom. The van der Waals surface area contributed by atoms with Crippen molar-refractivity contribution >= 4 is 17.4 Å². The van der Waals surface area contributed by atoms with Crippen molar-refractivity contribution in [1.29, 1.82) is 0 Å². The van der Waals surface area contributed by atoms with Crippen molar-refractivity contribution in [3.05, 3.63) is 82.4 Å². The highest BCUT2D eigenvalue weighted by molar-refractivity contribution is 5.95. The van der Waals surface area contributed by atoms with Gasteiger partial charge in [-0.1, -0.05) is 6.07 Å². The highest BCUT2D eigenvalue weighted by atomic mass is 19.1. The Balaban J connectivity index is 1.39. The highest BCUT2D eigenvalue weighted by Gasteiger charge is 2.24. The Hall–Kier alpha value is -4.08. The molecule has 1 fully saturated rings. The number of rotatable bonds is 5. The average molecular weight is 423 g/mol. The van der Waals surface area contributed by atoms with Gasteiger partial charge in [0.2, 0.25) is 5.88 Å². The molecule has 158 valence electrons. The average Bonchev–Trinajstić information content (AvgIpc) is 2.80. The monoisotopic (exact) mass is 423 g/mol. The molecule has 0 spiro atoms. The SMILES string of the molecule is O=C(c1cccc([N+](=O)[O-])c1)N1CCN(c2cc(Oc3ccc(F)cc3)ncn2)CC1. The van der Waals surface area contributed by atoms with Gasteiger partial charge < -0.3 is 14.5 Å². The smallest absolute Gasteiger partial charge is 0.270 e. The summed E-state index contributed by atoms with van der Waals surface area (Å²) in [4.78, 5) is 35.2. The molecule has 10 heteroatoms. The van der Waals surface area contributed by atoms with Crippen LogP contribution < -0.4 is 9.64 Å². The number of carbonyl (C=O) groups is 1. The number of nitro groups is 1. The van der Waals surface area contributed by atoms with Crippen LogP contribution in [0.5, 0.6) is 11.6 Å². The summed E-state index contributed by atoms with van der Waals surface area (Å²) in [6.07, 6.45) is 1.38. The fourth-order valence-corrected chi connectivity index (χ4v) is 3.26. The minimum Gasteiger partial charge on any atom is -0.439 e. The van der Waals surface area contributed by atoms with Gasteiger partial charge in [-0.25, -0.2) is 14.4 Å². The van der Waals surface area contributed by atoms with Crippen molar-refractivity contribution in [3.8, 4) is 11.6 Å². The van der Waals surface area contributed by atoms with Crippen LogP contribution in [0.25, 0.3) is 0 Å². The number of benzene rings is 2. The highest BCUT2D eigenvalue weighted by Crippen LogP contribution is 2.23. The van der Waals surface area contributed by atoms with Crippen LogP contribution in [0.15, 0.2) is 60.9 Å². The molecule has 2 heterocycles. The first kappa shape index (κ1) is 20.2. The third-order valence-corrected chi connectivity index (χ3v) is 4.86. The first-order valence-corrected chi connectivity index (χ1v) is 9.54. The standard InChI is InChI=1S/C21H18FN5O4/c22-16-4-6-18(7-5-16)31-20-13-19(23-14-24-20)25-8-10-26(11-9-25)21(28)15-2-1-3-17(12-15)27(29)30/h1-7,12-14H,8-11H2. The number of non-ortho nitro benzene ring substituents is 1. The van der Waals surface area contributed by atoms with E-state index in [4.69, 9.17) is 4.74 Å². The number of ether oxygens (including phenoxy) is 1. The molecule has 0 aliphatic carbocycles. The fraction of sp³-hybridized carbons (Fsp3) is 0.190. The molecule has 0 saturated carbocycles. The van der Waals surface area contributed by atoms with Crippen molar-refractivity contribution < 1.29 is 18.8 Å². The summed E-state index contributed by atoms with van der Waals surface area (Å²) in [6.45, 7) is 1.96. The van der Waals surface area contributed by atoms with Gasteiger partial charge in [-0.2, -0.15) is 0 Å². The molecule has 0 unspecified atom stereocenters. The number of hydrogen-bond acceptors (Lipinski definition) is 7. The summed E-state index contributed by atoms with van der Waals surface area (Å²) in [5.41, 5.74) is 0.179. The van der Waals surface area contributed by atoms with Gasteiger partial charge in [0.15, 0.2) is 0 Å². The van der Waals surface area contributed by atoms with Gasteiger partial charge in [-0.05, 0) is 30.3 Å². The Morgan fingerprint density at radius 3 is 2.48 bits per heavy atom. The van der Waals surface area contributed by atoms with E-state index in [1.807, 2.05) is 4.90 Å². The quantitative estimate of drug-likeness (QED) is 0.458. The normalized spacial score (nSPS) is 13.7. The molecule has 1 aliphatic rings. The summed E-state index contributed by atoms with van der Waals surface area (Å²) >= 11 is 0. The van der Waals surface area contributed by atoms with Crippen molar-refractivity contribution in [2.75, 3.05) is 31.1 Å². The number of halogens is 1. The third-order valence-electron chi connectivity index (χ3n) is 4.86. The first-order valence-electron chi connectivity index (χ1n) is 9.54. The number of nitrogens with zero attached hydrogens (tertiary/aromatic N) is 5. The minimum atomic E-state index is -0.518. The number of carbonyl (C=O) groups excluding carboxylic acids is 1. The third kappa shape index (κ3) is 4.74. The number of nitro benzene ring substituents is 1. The van der Waals surface area contributed by atoms with Gasteiger partial charge in [0.05, 0.1) is 4.92 Å². The molecule has 0 atom stereocenters. The number of aromatic nitrogens is 2. The maximum atomic E-state index is 13.0. The summed E-state index contributed by atoms with van der Waals surface area (Å²) in [7, 11) is 0. The zero-order valence-electron chi connectivity index (χ0n) is 16.3. The number of piperazine rings is 1. The predicted octanol–water partition coefficient (Wildman–Crippen LogP) is 3.28. The Morgan fingerprint density at radius 1 is 1.03 bits per heavy atom. The van der Waals surface area contributed by atoms with Gasteiger partial charge in [-0.3, -0.25) is 14.9 Å². The van der Waals surface area contributed by atoms with Gasteiger partial charge in [0.1, 0.15) is 23.7 Å². The second-order valence-corrected chi connectivity index (χ2v) is 6.86. The summed E-state index contributed by atoms with van der Waals surface area (Å²) < 4.78 is 18.7. The van der Waals surface area contributed by atoms with E-state index in [0.717, 1.165) is 0 Å². The maximum Gasteiger partial charge on any atom is 0.270 e. The largest absolute Gasteiger partial charge is 0.439 e. The van der Waals surface area contributed by atoms with Crippen LogP contribution in [0.1, 0.15) is 10.4 Å². The molecule has 2 aromatic carbocycles. The minimum absolute atomic E-state index is 0.112. The van der Waals surface area contributed by atoms with E-state index in [0.29, 0.717) is 49.2 Å². The van der Waals surface area contributed by atoms with Gasteiger partial charge in [-0.15, -0.1) is 0 Å². The molecule has 0 N–H and O–H groups in total. The first-order chi connectivity index (χ1) is 15.0. The molecule has 1 saturated heterocycles. The lowest BCUT2D eigenvalue weighted by Crippen LogP contribution is -2.49. The lowest BCUT2D eigenvalue weighted by atomic mass is 10.1. The molecule has 9 nitrogen and oxygen atoms in total. The zero-order valence-corrected chi connectivity index (χ0v) is 16.3. The molecule has 1 amide bonds. The van der Waals surface area contributed by atoms with E-state index >= 15 is 0 Å². The van der Waals surface area contributed by atoms with E-state index in [1.54, 1.807) is 17.0 Å². The molecule has 1 aromatic heterocycles. The number of amides is 1. The van der Waals surface area contributed by atoms with Gasteiger partial charge >= 0.3 is 0 Å². The molecular formula is C21H18FN5O4. The maximum absolute atomic E-state index is 13.0. The molecule has 0 bridgehead atoms. The van der Waals surface area contributed by atoms with Crippen LogP contribution in [0, 0.1) is 15.9 Å². The van der Waals surface area contributed by atoms with Crippen LogP contribution in [0.2, 0.25) is 0 Å². The summed E-state index contributed by atoms with van der Waals surface area (Å²) in [5, 5.41) is 10.9. The van der Waals surface area contributed by atoms with Crippen molar-refractivity contribution in [2.24, 2.45) is 0 Å². The number of anilines is 1. The second kappa shape index (κ2) is 8.74. The summed E-state index contributed by atoms with van der Waals surface area (Å²) in [6, 6.07) is 13.0. The molecular weight excluding hydrogens is 405 g/mol. The van der Waals surface area contributed by atoms with Gasteiger partial charge in [0, 0.05) is 49.9 Å². The van der Waals surface area contributed by atoms with Crippen molar-refractivity contribution in [2.45, 2.75) is 0 Å². The van der Waals surface area contributed by atoms with Crippen molar-refractivity contribution in [3.63, 3.8) is 0 Å². The lowest BCUT2D eigenvalue weighted by molar-refractivity contribution is -0.384. The Labute approximate surface area is 176 Å². The van der Waals surface area contributed by atoms with E-state index < -0.39 is 4.92 Å². The van der Waals surface area contributed by atoms with E-state index in [2.05, 4.69) is 9.97 Å². The van der Waals surface area contributed by atoms with E-state index in [1.165, 1.54) is 48.8 Å². The van der Waals surface area contributed by atoms with Crippen LogP contribution in [-0.4, -0.2) is 51.9 Å². The zero-order chi connectivity index (χ0) is 21.8. The second-order valence-electron chi connectivity index (χ2n) is 6.86. The van der Waals surface area contributed by atoms with Crippen LogP contribution in [0.3, 0.4) is 0 Å². The lowest BCUT2D eigenvalue weighted by Gasteiger charge is -2.35. The molecule has 3 aromatic rings. The topological polar surface area (TPSA) is 102 Å². The molecule has 31 heavy (non-hydrogen) atoms. The van der Waals surface area contributed by atoms with Gasteiger partial charge in [0.25, 0.3) is 11.6 Å². The van der Waals surface area contributed by atoms with Crippen LogP contribution in [0.4, 0.5) is 15.9 Å². The van der Waals surface area contributed by atoms with E-state index in [-0.39, 0.29) is 17.4 Å². The van der Waals surface area contributed by atoms with Crippen LogP contribution >= 0.6 is 0 Å². The Bertz CT molecular complexity index is 1100. The summed E-state index contributed by atoms with van der Waals surface area (Å²) in [5.74, 6) is 0.833. The Kier molecular flexibility index (Phi) is 5.69. The molecule has 0 radical (unpaired) electrons. The fourth-order valence-electron chi connectivity index (χ4n) is 3.26.